The van der Waals surface area contributed by atoms with Crippen LogP contribution in [0.4, 0.5) is 0 Å². The molecule has 0 atom stereocenters. The molecule has 16 heavy (non-hydrogen) atoms. The van der Waals surface area contributed by atoms with Crippen molar-refractivity contribution in [3.63, 3.8) is 0 Å². The maximum Gasteiger partial charge on any atom is 0.347 e. The van der Waals surface area contributed by atoms with E-state index in [1.165, 1.54) is 11.3 Å². The quantitative estimate of drug-likeness (QED) is 0.718. The van der Waals surface area contributed by atoms with Gasteiger partial charge in [0.05, 0.1) is 10.7 Å². The van der Waals surface area contributed by atoms with Gasteiger partial charge in [-0.25, -0.2) is 9.78 Å². The molecule has 0 aromatic carbocycles. The van der Waals surface area contributed by atoms with Crippen LogP contribution in [-0.2, 0) is 12.8 Å². The summed E-state index contributed by atoms with van der Waals surface area (Å²) in [4.78, 5) is 15.8. The second-order valence-corrected chi connectivity index (χ2v) is 4.77. The van der Waals surface area contributed by atoms with Crippen LogP contribution in [0.3, 0.4) is 0 Å². The Morgan fingerprint density at radius 3 is 2.75 bits per heavy atom. The van der Waals surface area contributed by atoms with Crippen LogP contribution in [0.2, 0.25) is 0 Å². The van der Waals surface area contributed by atoms with Gasteiger partial charge in [-0.1, -0.05) is 13.3 Å². The fourth-order valence-electron chi connectivity index (χ4n) is 1.50. The van der Waals surface area contributed by atoms with E-state index >= 15 is 0 Å². The van der Waals surface area contributed by atoms with E-state index in [0.29, 0.717) is 11.4 Å². The lowest BCUT2D eigenvalue weighted by Gasteiger charge is -1.94. The van der Waals surface area contributed by atoms with Gasteiger partial charge in [-0.05, 0) is 32.2 Å². The lowest BCUT2D eigenvalue weighted by atomic mass is 10.2. The summed E-state index contributed by atoms with van der Waals surface area (Å²) in [5, 5.41) is 9.95. The fourth-order valence-corrected chi connectivity index (χ4v) is 2.49. The van der Waals surface area contributed by atoms with E-state index in [-0.39, 0.29) is 0 Å². The van der Waals surface area contributed by atoms with Gasteiger partial charge < -0.3 is 10.8 Å². The number of carboxylic acid groups (broad SMARTS) is 1. The van der Waals surface area contributed by atoms with Crippen molar-refractivity contribution in [3.05, 3.63) is 15.6 Å². The molecule has 4 nitrogen and oxygen atoms in total. The summed E-state index contributed by atoms with van der Waals surface area (Å²) < 4.78 is 0. The van der Waals surface area contributed by atoms with Crippen molar-refractivity contribution < 1.29 is 9.90 Å². The van der Waals surface area contributed by atoms with Gasteiger partial charge in [-0.2, -0.15) is 0 Å². The van der Waals surface area contributed by atoms with Gasteiger partial charge in [0.25, 0.3) is 0 Å². The first-order valence-electron chi connectivity index (χ1n) is 5.61. The highest BCUT2D eigenvalue weighted by Crippen LogP contribution is 2.21. The SMILES string of the molecule is CCCc1nc(CCCCN)sc1C(=O)O. The third-order valence-corrected chi connectivity index (χ3v) is 3.41. The number of carbonyl (C=O) groups is 1. The molecule has 0 spiro atoms. The molecule has 1 aromatic heterocycles. The molecule has 0 saturated heterocycles. The molecular weight excluding hydrogens is 224 g/mol. The minimum absolute atomic E-state index is 0.407. The number of thiazole rings is 1. The minimum Gasteiger partial charge on any atom is -0.477 e. The molecule has 5 heteroatoms. The molecule has 0 aliphatic carbocycles. The van der Waals surface area contributed by atoms with Crippen LogP contribution in [0.25, 0.3) is 0 Å². The molecule has 0 fully saturated rings. The van der Waals surface area contributed by atoms with E-state index in [1.807, 2.05) is 6.92 Å². The maximum absolute atomic E-state index is 11.0. The van der Waals surface area contributed by atoms with E-state index in [9.17, 15) is 4.79 Å². The summed E-state index contributed by atoms with van der Waals surface area (Å²) in [7, 11) is 0. The smallest absolute Gasteiger partial charge is 0.347 e. The number of aromatic nitrogens is 1. The summed E-state index contributed by atoms with van der Waals surface area (Å²) in [5.41, 5.74) is 6.15. The molecule has 90 valence electrons. The zero-order chi connectivity index (χ0) is 12.0. The molecular formula is C11H18N2O2S. The molecule has 1 rings (SSSR count). The largest absolute Gasteiger partial charge is 0.477 e. The van der Waals surface area contributed by atoms with Gasteiger partial charge >= 0.3 is 5.97 Å². The summed E-state index contributed by atoms with van der Waals surface area (Å²) in [6, 6.07) is 0. The molecule has 3 N–H and O–H groups in total. The van der Waals surface area contributed by atoms with E-state index in [2.05, 4.69) is 4.98 Å². The number of nitrogens with two attached hydrogens (primary N) is 1. The average Bonchev–Trinajstić information content (AvgIpc) is 2.62. The Kier molecular flexibility index (Phi) is 5.42. The second kappa shape index (κ2) is 6.60. The third kappa shape index (κ3) is 3.57. The normalized spacial score (nSPS) is 10.6. The standard InChI is InChI=1S/C11H18N2O2S/c1-2-5-8-10(11(14)15)16-9(13-8)6-3-4-7-12/h2-7,12H2,1H3,(H,14,15). The van der Waals surface area contributed by atoms with Gasteiger partial charge in [-0.15, -0.1) is 11.3 Å². The molecule has 0 unspecified atom stereocenters. The topological polar surface area (TPSA) is 76.2 Å². The monoisotopic (exact) mass is 242 g/mol. The summed E-state index contributed by atoms with van der Waals surface area (Å²) >= 11 is 1.31. The minimum atomic E-state index is -0.856. The highest BCUT2D eigenvalue weighted by atomic mass is 32.1. The summed E-state index contributed by atoms with van der Waals surface area (Å²) in [6.07, 6.45) is 4.45. The Morgan fingerprint density at radius 1 is 1.44 bits per heavy atom. The van der Waals surface area contributed by atoms with Crippen LogP contribution in [0, 0.1) is 0 Å². The van der Waals surface area contributed by atoms with Crippen molar-refractivity contribution in [2.45, 2.75) is 39.0 Å². The van der Waals surface area contributed by atoms with Crippen molar-refractivity contribution in [3.8, 4) is 0 Å². The zero-order valence-corrected chi connectivity index (χ0v) is 10.3. The van der Waals surface area contributed by atoms with E-state index in [0.717, 1.165) is 42.8 Å². The van der Waals surface area contributed by atoms with Crippen molar-refractivity contribution in [1.82, 2.24) is 4.98 Å². The van der Waals surface area contributed by atoms with Crippen LogP contribution in [0.5, 0.6) is 0 Å². The predicted octanol–water partition coefficient (Wildman–Crippen LogP) is 2.08. The number of aryl methyl sites for hydroxylation is 2. The maximum atomic E-state index is 11.0. The first-order chi connectivity index (χ1) is 7.69. The highest BCUT2D eigenvalue weighted by molar-refractivity contribution is 7.13. The molecule has 0 aliphatic heterocycles. The van der Waals surface area contributed by atoms with E-state index < -0.39 is 5.97 Å². The van der Waals surface area contributed by atoms with Crippen LogP contribution in [0.15, 0.2) is 0 Å². The summed E-state index contributed by atoms with van der Waals surface area (Å²) in [6.45, 7) is 2.71. The Balaban J connectivity index is 2.72. The third-order valence-electron chi connectivity index (χ3n) is 2.27. The van der Waals surface area contributed by atoms with Crippen molar-refractivity contribution in [2.75, 3.05) is 6.54 Å². The molecule has 0 amide bonds. The Hall–Kier alpha value is -0.940. The van der Waals surface area contributed by atoms with Gasteiger partial charge in [0.2, 0.25) is 0 Å². The van der Waals surface area contributed by atoms with Gasteiger partial charge in [0, 0.05) is 0 Å². The number of nitrogens with zero attached hydrogens (tertiary/aromatic N) is 1. The van der Waals surface area contributed by atoms with E-state index in [1.54, 1.807) is 0 Å². The van der Waals surface area contributed by atoms with Crippen LogP contribution in [-0.4, -0.2) is 22.6 Å². The number of carboxylic acids is 1. The molecule has 0 radical (unpaired) electrons. The molecule has 0 bridgehead atoms. The zero-order valence-electron chi connectivity index (χ0n) is 9.53. The average molecular weight is 242 g/mol. The lowest BCUT2D eigenvalue weighted by Crippen LogP contribution is -1.99. The predicted molar refractivity (Wildman–Crippen MR) is 65.1 cm³/mol. The van der Waals surface area contributed by atoms with Gasteiger partial charge in [0.15, 0.2) is 0 Å². The Bertz CT molecular complexity index is 350. The van der Waals surface area contributed by atoms with Crippen molar-refractivity contribution in [1.29, 1.82) is 0 Å². The first kappa shape index (κ1) is 13.1. The number of hydrogen-bond acceptors (Lipinski definition) is 4. The second-order valence-electron chi connectivity index (χ2n) is 3.68. The first-order valence-corrected chi connectivity index (χ1v) is 6.42. The molecule has 1 aromatic rings. The number of hydrogen-bond donors (Lipinski definition) is 2. The molecule has 0 saturated carbocycles. The Morgan fingerprint density at radius 2 is 2.19 bits per heavy atom. The lowest BCUT2D eigenvalue weighted by molar-refractivity contribution is 0.0700. The van der Waals surface area contributed by atoms with E-state index in [4.69, 9.17) is 10.8 Å². The van der Waals surface area contributed by atoms with Gasteiger partial charge in [-0.3, -0.25) is 0 Å². The van der Waals surface area contributed by atoms with Crippen molar-refractivity contribution in [2.24, 2.45) is 5.73 Å². The number of unbranched alkanes of at least 4 members (excludes halogenated alkanes) is 1. The summed E-state index contributed by atoms with van der Waals surface area (Å²) in [5.74, 6) is -0.856. The number of rotatable bonds is 7. The molecule has 1 heterocycles. The Labute approximate surface area is 99.5 Å². The fraction of sp³-hybridized carbons (Fsp3) is 0.636. The van der Waals surface area contributed by atoms with Crippen LogP contribution in [0.1, 0.15) is 46.6 Å². The number of aromatic carboxylic acids is 1. The molecule has 0 aliphatic rings. The van der Waals surface area contributed by atoms with Gasteiger partial charge in [0.1, 0.15) is 4.88 Å². The van der Waals surface area contributed by atoms with Crippen LogP contribution < -0.4 is 5.73 Å². The highest BCUT2D eigenvalue weighted by Gasteiger charge is 2.15. The van der Waals surface area contributed by atoms with Crippen LogP contribution >= 0.6 is 11.3 Å². The van der Waals surface area contributed by atoms with Crippen molar-refractivity contribution >= 4 is 17.3 Å².